The first-order valence-electron chi connectivity index (χ1n) is 8.85. The first kappa shape index (κ1) is 18.0. The number of carbonyl (C=O) groups is 2. The molecule has 1 aliphatic heterocycles. The summed E-state index contributed by atoms with van der Waals surface area (Å²) in [5, 5.41) is 7.25. The number of nitrogens with one attached hydrogen (secondary N) is 1. The van der Waals surface area contributed by atoms with Gasteiger partial charge in [-0.1, -0.05) is 30.3 Å². The molecule has 138 valence electrons. The number of aromatic nitrogens is 2. The molecule has 2 aromatic rings. The van der Waals surface area contributed by atoms with Crippen LogP contribution in [0, 0.1) is 0 Å². The molecule has 1 atom stereocenters. The highest BCUT2D eigenvalue weighted by Crippen LogP contribution is 2.18. The van der Waals surface area contributed by atoms with Gasteiger partial charge in [0.15, 0.2) is 0 Å². The number of ether oxygens (including phenoxy) is 1. The Balaban J connectivity index is 1.55. The van der Waals surface area contributed by atoms with Crippen LogP contribution in [0.25, 0.3) is 0 Å². The SMILES string of the molecule is COC(=O)N1CCCC[C@H]1C(=O)NCc1cnn(Cc2ccccc2)c1. The highest BCUT2D eigenvalue weighted by atomic mass is 16.5. The van der Waals surface area contributed by atoms with Crippen molar-refractivity contribution in [3.8, 4) is 0 Å². The smallest absolute Gasteiger partial charge is 0.410 e. The lowest BCUT2D eigenvalue weighted by Crippen LogP contribution is -2.51. The second-order valence-electron chi connectivity index (χ2n) is 6.42. The molecule has 2 amide bonds. The molecule has 0 saturated carbocycles. The molecule has 1 aromatic carbocycles. The molecule has 7 heteroatoms. The molecular weight excluding hydrogens is 332 g/mol. The number of amides is 2. The summed E-state index contributed by atoms with van der Waals surface area (Å²) in [6, 6.07) is 9.61. The Hall–Kier alpha value is -2.83. The Morgan fingerprint density at radius 3 is 2.81 bits per heavy atom. The fourth-order valence-corrected chi connectivity index (χ4v) is 3.20. The Labute approximate surface area is 152 Å². The van der Waals surface area contributed by atoms with Crippen LogP contribution in [-0.2, 0) is 22.6 Å². The van der Waals surface area contributed by atoms with E-state index in [1.54, 1.807) is 6.20 Å². The lowest BCUT2D eigenvalue weighted by Gasteiger charge is -2.33. The summed E-state index contributed by atoms with van der Waals surface area (Å²) in [6.07, 6.45) is 5.72. The Morgan fingerprint density at radius 1 is 1.23 bits per heavy atom. The predicted molar refractivity (Wildman–Crippen MR) is 96.4 cm³/mol. The van der Waals surface area contributed by atoms with Gasteiger partial charge in [0, 0.05) is 24.8 Å². The minimum Gasteiger partial charge on any atom is -0.453 e. The van der Waals surface area contributed by atoms with E-state index < -0.39 is 12.1 Å². The largest absolute Gasteiger partial charge is 0.453 e. The van der Waals surface area contributed by atoms with Crippen LogP contribution in [0.4, 0.5) is 4.79 Å². The molecule has 3 rings (SSSR count). The van der Waals surface area contributed by atoms with Crippen molar-refractivity contribution >= 4 is 12.0 Å². The van der Waals surface area contributed by atoms with Gasteiger partial charge in [-0.3, -0.25) is 14.4 Å². The molecule has 1 N–H and O–H groups in total. The zero-order chi connectivity index (χ0) is 18.4. The van der Waals surface area contributed by atoms with Crippen molar-refractivity contribution in [2.75, 3.05) is 13.7 Å². The van der Waals surface area contributed by atoms with E-state index in [1.807, 2.05) is 41.2 Å². The van der Waals surface area contributed by atoms with Gasteiger partial charge in [0.25, 0.3) is 0 Å². The summed E-state index contributed by atoms with van der Waals surface area (Å²) in [7, 11) is 1.34. The number of piperidine rings is 1. The molecule has 1 aromatic heterocycles. The Bertz CT molecular complexity index is 744. The molecular formula is C19H24N4O3. The average molecular weight is 356 g/mol. The topological polar surface area (TPSA) is 76.5 Å². The van der Waals surface area contributed by atoms with Gasteiger partial charge in [-0.25, -0.2) is 4.79 Å². The molecule has 0 unspecified atom stereocenters. The van der Waals surface area contributed by atoms with E-state index in [0.717, 1.165) is 18.4 Å². The molecule has 1 aliphatic rings. The molecule has 0 radical (unpaired) electrons. The summed E-state index contributed by atoms with van der Waals surface area (Å²) in [4.78, 5) is 25.9. The average Bonchev–Trinajstić information content (AvgIpc) is 3.13. The monoisotopic (exact) mass is 356 g/mol. The lowest BCUT2D eigenvalue weighted by atomic mass is 10.0. The number of methoxy groups -OCH3 is 1. The maximum atomic E-state index is 12.5. The van der Waals surface area contributed by atoms with Crippen molar-refractivity contribution in [1.29, 1.82) is 0 Å². The van der Waals surface area contributed by atoms with Crippen molar-refractivity contribution in [3.05, 3.63) is 53.9 Å². The van der Waals surface area contributed by atoms with Gasteiger partial charge in [0.2, 0.25) is 5.91 Å². The van der Waals surface area contributed by atoms with E-state index >= 15 is 0 Å². The van der Waals surface area contributed by atoms with Gasteiger partial charge in [0.1, 0.15) is 6.04 Å². The lowest BCUT2D eigenvalue weighted by molar-refractivity contribution is -0.127. The number of hydrogen-bond donors (Lipinski definition) is 1. The third kappa shape index (κ3) is 4.41. The van der Waals surface area contributed by atoms with Crippen molar-refractivity contribution in [2.45, 2.75) is 38.4 Å². The van der Waals surface area contributed by atoms with Crippen molar-refractivity contribution in [3.63, 3.8) is 0 Å². The molecule has 0 aliphatic carbocycles. The highest BCUT2D eigenvalue weighted by Gasteiger charge is 2.32. The molecule has 1 saturated heterocycles. The number of rotatable bonds is 5. The zero-order valence-corrected chi connectivity index (χ0v) is 14.9. The Kier molecular flexibility index (Phi) is 5.88. The quantitative estimate of drug-likeness (QED) is 0.891. The Morgan fingerprint density at radius 2 is 2.04 bits per heavy atom. The third-order valence-corrected chi connectivity index (χ3v) is 4.56. The fraction of sp³-hybridized carbons (Fsp3) is 0.421. The first-order valence-corrected chi connectivity index (χ1v) is 8.85. The van der Waals surface area contributed by atoms with E-state index in [-0.39, 0.29) is 5.91 Å². The van der Waals surface area contributed by atoms with Gasteiger partial charge < -0.3 is 10.1 Å². The van der Waals surface area contributed by atoms with Crippen LogP contribution >= 0.6 is 0 Å². The van der Waals surface area contributed by atoms with Gasteiger partial charge in [-0.05, 0) is 24.8 Å². The van der Waals surface area contributed by atoms with Crippen LogP contribution < -0.4 is 5.32 Å². The highest BCUT2D eigenvalue weighted by molar-refractivity contribution is 5.85. The summed E-state index contributed by atoms with van der Waals surface area (Å²) in [6.45, 7) is 1.63. The van der Waals surface area contributed by atoms with E-state index in [9.17, 15) is 9.59 Å². The van der Waals surface area contributed by atoms with Crippen LogP contribution in [-0.4, -0.2) is 46.4 Å². The zero-order valence-electron chi connectivity index (χ0n) is 14.9. The normalized spacial score (nSPS) is 17.0. The van der Waals surface area contributed by atoms with Crippen LogP contribution in [0.15, 0.2) is 42.7 Å². The van der Waals surface area contributed by atoms with E-state index in [1.165, 1.54) is 17.6 Å². The standard InChI is InChI=1S/C19H24N4O3/c1-26-19(25)23-10-6-5-9-17(23)18(24)20-11-16-12-21-22(14-16)13-15-7-3-2-4-8-15/h2-4,7-8,12,14,17H,5-6,9-11,13H2,1H3,(H,20,24)/t17-/m0/s1. The molecule has 1 fully saturated rings. The summed E-state index contributed by atoms with van der Waals surface area (Å²) in [5.41, 5.74) is 2.09. The number of likely N-dealkylation sites (tertiary alicyclic amines) is 1. The van der Waals surface area contributed by atoms with Gasteiger partial charge in [-0.2, -0.15) is 5.10 Å². The van der Waals surface area contributed by atoms with Gasteiger partial charge in [0.05, 0.1) is 19.9 Å². The molecule has 2 heterocycles. The fourth-order valence-electron chi connectivity index (χ4n) is 3.20. The van der Waals surface area contributed by atoms with E-state index in [4.69, 9.17) is 4.74 Å². The van der Waals surface area contributed by atoms with Crippen LogP contribution in [0.2, 0.25) is 0 Å². The minimum absolute atomic E-state index is 0.147. The third-order valence-electron chi connectivity index (χ3n) is 4.56. The molecule has 0 bridgehead atoms. The molecule has 0 spiro atoms. The van der Waals surface area contributed by atoms with Crippen molar-refractivity contribution < 1.29 is 14.3 Å². The van der Waals surface area contributed by atoms with Crippen LogP contribution in [0.1, 0.15) is 30.4 Å². The molecule has 26 heavy (non-hydrogen) atoms. The van der Waals surface area contributed by atoms with Crippen LogP contribution in [0.5, 0.6) is 0 Å². The van der Waals surface area contributed by atoms with E-state index in [2.05, 4.69) is 10.4 Å². The maximum Gasteiger partial charge on any atom is 0.410 e. The first-order chi connectivity index (χ1) is 12.7. The number of nitrogens with zero attached hydrogens (tertiary/aromatic N) is 3. The molecule has 7 nitrogen and oxygen atoms in total. The number of hydrogen-bond acceptors (Lipinski definition) is 4. The number of carbonyl (C=O) groups excluding carboxylic acids is 2. The minimum atomic E-state index is -0.462. The second-order valence-corrected chi connectivity index (χ2v) is 6.42. The number of benzene rings is 1. The van der Waals surface area contributed by atoms with Crippen molar-refractivity contribution in [1.82, 2.24) is 20.0 Å². The summed E-state index contributed by atoms with van der Waals surface area (Å²) >= 11 is 0. The summed E-state index contributed by atoms with van der Waals surface area (Å²) < 4.78 is 6.63. The summed E-state index contributed by atoms with van der Waals surface area (Å²) in [5.74, 6) is -0.147. The van der Waals surface area contributed by atoms with E-state index in [0.29, 0.717) is 26.1 Å². The van der Waals surface area contributed by atoms with Gasteiger partial charge >= 0.3 is 6.09 Å². The predicted octanol–water partition coefficient (Wildman–Crippen LogP) is 2.17. The van der Waals surface area contributed by atoms with Crippen LogP contribution in [0.3, 0.4) is 0 Å². The second kappa shape index (κ2) is 8.51. The maximum absolute atomic E-state index is 12.5. The van der Waals surface area contributed by atoms with Gasteiger partial charge in [-0.15, -0.1) is 0 Å². The van der Waals surface area contributed by atoms with Crippen molar-refractivity contribution in [2.24, 2.45) is 0 Å².